The number of alkyl halides is 10. The van der Waals surface area contributed by atoms with Crippen molar-refractivity contribution in [2.45, 2.75) is 52.8 Å². The predicted octanol–water partition coefficient (Wildman–Crippen LogP) is 4.30. The molecule has 2 N–H and O–H groups in total. The molecule has 2 unspecified atom stereocenters. The second-order valence-corrected chi connectivity index (χ2v) is 17.1. The van der Waals surface area contributed by atoms with Crippen LogP contribution < -0.4 is 0 Å². The van der Waals surface area contributed by atoms with Gasteiger partial charge in [0.2, 0.25) is 18.0 Å². The topological polar surface area (TPSA) is 172 Å². The van der Waals surface area contributed by atoms with E-state index in [1.807, 2.05) is 30.3 Å². The Bertz CT molecular complexity index is 1440. The highest BCUT2D eigenvalue weighted by Gasteiger charge is 2.60. The van der Waals surface area contributed by atoms with Crippen LogP contribution in [0.15, 0.2) is 65.6 Å². The Labute approximate surface area is 280 Å². The molecular formula is C26H30F10O9S4. The maximum absolute atomic E-state index is 11.9. The van der Waals surface area contributed by atoms with Gasteiger partial charge in [0, 0.05) is 16.5 Å². The quantitative estimate of drug-likeness (QED) is 0.171. The van der Waals surface area contributed by atoms with Crippen molar-refractivity contribution in [1.29, 1.82) is 0 Å². The van der Waals surface area contributed by atoms with Crippen molar-refractivity contribution in [3.8, 4) is 0 Å². The Kier molecular flexibility index (Phi) is 18.1. The number of benzene rings is 2. The van der Waals surface area contributed by atoms with Crippen LogP contribution in [0.3, 0.4) is 0 Å². The third-order valence-electron chi connectivity index (χ3n) is 5.69. The van der Waals surface area contributed by atoms with E-state index in [0.717, 1.165) is 11.3 Å². The SMILES string of the molecule is C[S+](C)c1ccccc1.O=C(C[S+]1CCCC1)c1ccccc1.O=S(=O)([O-])C(F)(F)C(O)C(F)(F)F.O=S(=O)([O-])C(F)(F)C(O)C(F)(F)F. The number of rotatable bonds is 8. The smallest absolute Gasteiger partial charge is 0.421 e. The molecule has 0 spiro atoms. The minimum Gasteiger partial charge on any atom is -0.743 e. The third-order valence-corrected chi connectivity index (χ3v) is 11.1. The zero-order valence-electron chi connectivity index (χ0n) is 25.1. The number of ketones is 1. The van der Waals surface area contributed by atoms with Crippen LogP contribution in [0.5, 0.6) is 0 Å². The van der Waals surface area contributed by atoms with Gasteiger partial charge in [-0.1, -0.05) is 48.5 Å². The summed E-state index contributed by atoms with van der Waals surface area (Å²) in [5.41, 5.74) is 0.881. The van der Waals surface area contributed by atoms with Crippen LogP contribution in [0, 0.1) is 0 Å². The lowest BCUT2D eigenvalue weighted by Gasteiger charge is -2.26. The van der Waals surface area contributed by atoms with E-state index in [2.05, 4.69) is 42.8 Å². The molecule has 2 aromatic rings. The molecule has 282 valence electrons. The molecule has 1 aliphatic heterocycles. The average molecular weight is 805 g/mol. The molecule has 9 nitrogen and oxygen atoms in total. The van der Waals surface area contributed by atoms with Crippen molar-refractivity contribution in [2.24, 2.45) is 0 Å². The van der Waals surface area contributed by atoms with Crippen LogP contribution in [0.1, 0.15) is 23.2 Å². The van der Waals surface area contributed by atoms with Gasteiger partial charge in [0.15, 0.2) is 30.9 Å². The molecule has 0 bridgehead atoms. The molecule has 3 rings (SSSR count). The maximum atomic E-state index is 11.9. The minimum atomic E-state index is -6.54. The predicted molar refractivity (Wildman–Crippen MR) is 159 cm³/mol. The van der Waals surface area contributed by atoms with Gasteiger partial charge in [-0.25, -0.2) is 16.8 Å². The van der Waals surface area contributed by atoms with E-state index in [9.17, 15) is 74.6 Å². The first kappa shape index (κ1) is 46.9. The number of halogens is 10. The lowest BCUT2D eigenvalue weighted by Crippen LogP contribution is -2.49. The number of carbonyl (C=O) groups is 1. The molecule has 0 aliphatic carbocycles. The first-order valence-electron chi connectivity index (χ1n) is 13.0. The summed E-state index contributed by atoms with van der Waals surface area (Å²) in [6, 6.07) is 20.2. The minimum absolute atomic E-state index is 0.329. The van der Waals surface area contributed by atoms with Crippen molar-refractivity contribution < 1.29 is 84.9 Å². The molecule has 0 aromatic heterocycles. The van der Waals surface area contributed by atoms with Gasteiger partial charge in [-0.3, -0.25) is 4.79 Å². The van der Waals surface area contributed by atoms with Gasteiger partial charge >= 0.3 is 22.9 Å². The monoisotopic (exact) mass is 804 g/mol. The molecule has 1 aliphatic rings. The van der Waals surface area contributed by atoms with Crippen LogP contribution in [0.4, 0.5) is 43.9 Å². The third kappa shape index (κ3) is 15.7. The van der Waals surface area contributed by atoms with E-state index in [0.29, 0.717) is 27.6 Å². The van der Waals surface area contributed by atoms with Crippen LogP contribution in [-0.2, 0) is 42.0 Å². The highest BCUT2D eigenvalue weighted by atomic mass is 32.2. The van der Waals surface area contributed by atoms with Crippen molar-refractivity contribution in [3.63, 3.8) is 0 Å². The second-order valence-electron chi connectivity index (χ2n) is 9.71. The van der Waals surface area contributed by atoms with Gasteiger partial charge in [0.1, 0.15) is 24.0 Å². The molecule has 1 fully saturated rings. The first-order valence-corrected chi connectivity index (χ1v) is 19.6. The van der Waals surface area contributed by atoms with Crippen LogP contribution in [-0.4, -0.2) is 107 Å². The van der Waals surface area contributed by atoms with E-state index >= 15 is 0 Å². The Balaban J connectivity index is 0.000000634. The van der Waals surface area contributed by atoms with E-state index < -0.39 is 55.3 Å². The summed E-state index contributed by atoms with van der Waals surface area (Å²) in [7, 11) is -12.3. The number of hydrogen-bond acceptors (Lipinski definition) is 9. The fourth-order valence-corrected chi connectivity index (χ4v) is 6.87. The molecule has 49 heavy (non-hydrogen) atoms. The van der Waals surface area contributed by atoms with Gasteiger partial charge in [-0.2, -0.15) is 43.9 Å². The summed E-state index contributed by atoms with van der Waals surface area (Å²) >= 11 is 0. The summed E-state index contributed by atoms with van der Waals surface area (Å²) in [4.78, 5) is 13.2. The summed E-state index contributed by atoms with van der Waals surface area (Å²) < 4.78 is 173. The van der Waals surface area contributed by atoms with E-state index in [1.165, 1.54) is 29.2 Å². The van der Waals surface area contributed by atoms with Gasteiger partial charge in [-0.05, 0) is 35.9 Å². The van der Waals surface area contributed by atoms with Crippen LogP contribution in [0.25, 0.3) is 0 Å². The summed E-state index contributed by atoms with van der Waals surface area (Å²) in [5, 5.41) is 4.04. The Morgan fingerprint density at radius 1 is 0.714 bits per heavy atom. The normalized spacial score (nSPS) is 15.9. The van der Waals surface area contributed by atoms with E-state index in [4.69, 9.17) is 10.2 Å². The van der Waals surface area contributed by atoms with Gasteiger partial charge < -0.3 is 19.3 Å². The fraction of sp³-hybridized carbons (Fsp3) is 0.500. The highest BCUT2D eigenvalue weighted by Crippen LogP contribution is 2.36. The zero-order valence-corrected chi connectivity index (χ0v) is 28.4. The Hall–Kier alpha value is -2.15. The van der Waals surface area contributed by atoms with Crippen molar-refractivity contribution in [1.82, 2.24) is 0 Å². The molecule has 2 aromatic carbocycles. The van der Waals surface area contributed by atoms with Crippen LogP contribution in [0.2, 0.25) is 0 Å². The van der Waals surface area contributed by atoms with Gasteiger partial charge in [0.25, 0.3) is 0 Å². The van der Waals surface area contributed by atoms with Gasteiger partial charge in [-0.15, -0.1) is 0 Å². The lowest BCUT2D eigenvalue weighted by atomic mass is 10.2. The van der Waals surface area contributed by atoms with Crippen LogP contribution >= 0.6 is 0 Å². The average Bonchev–Trinajstić information content (AvgIpc) is 3.49. The molecule has 1 saturated heterocycles. The number of aliphatic hydroxyl groups excluding tert-OH is 2. The fourth-order valence-electron chi connectivity index (χ4n) is 3.10. The van der Waals surface area contributed by atoms with Crippen molar-refractivity contribution >= 4 is 47.8 Å². The summed E-state index contributed by atoms with van der Waals surface area (Å²) in [6.45, 7) is 0. The van der Waals surface area contributed by atoms with Gasteiger partial charge in [0.05, 0.1) is 0 Å². The summed E-state index contributed by atoms with van der Waals surface area (Å²) in [5.74, 6) is 3.66. The lowest BCUT2D eigenvalue weighted by molar-refractivity contribution is -0.249. The number of Topliss-reactive ketones (excluding diaryl/α,β-unsaturated/α-hetero) is 1. The Morgan fingerprint density at radius 3 is 1.29 bits per heavy atom. The number of aliphatic hydroxyl groups is 2. The van der Waals surface area contributed by atoms with Crippen molar-refractivity contribution in [2.75, 3.05) is 29.8 Å². The number of carbonyl (C=O) groups excluding carboxylic acids is 1. The molecule has 0 saturated carbocycles. The Morgan fingerprint density at radius 2 is 1.04 bits per heavy atom. The molecule has 0 amide bonds. The summed E-state index contributed by atoms with van der Waals surface area (Å²) in [6.07, 6.45) is -13.7. The molecule has 1 heterocycles. The van der Waals surface area contributed by atoms with Crippen molar-refractivity contribution in [3.05, 3.63) is 66.2 Å². The first-order chi connectivity index (χ1) is 22.0. The molecule has 23 heteroatoms. The number of hydrogen-bond donors (Lipinski definition) is 2. The van der Waals surface area contributed by atoms with E-state index in [-0.39, 0.29) is 0 Å². The molecule has 0 radical (unpaired) electrons. The zero-order chi connectivity index (χ0) is 38.6. The largest absolute Gasteiger partial charge is 0.743 e. The molecular weight excluding hydrogens is 775 g/mol. The van der Waals surface area contributed by atoms with E-state index in [1.54, 1.807) is 0 Å². The maximum Gasteiger partial charge on any atom is 0.421 e. The highest BCUT2D eigenvalue weighted by molar-refractivity contribution is 7.97. The standard InChI is InChI=1S/C12H15OS.C8H11S.2C3H3F5O4S/c13-12(10-14-8-4-5-9-14)11-6-2-1-3-7-11;1-9(2)8-6-4-3-5-7-8;2*4-2(5,6)1(9)3(7,8)13(10,11)12/h1-3,6-7H,4-5,8-10H2;3-7H,1-2H3;2*1,9H,(H,10,11,12)/q2*+1;;/p-2. The second kappa shape index (κ2) is 18.9. The molecule has 2 atom stereocenters.